The van der Waals surface area contributed by atoms with Gasteiger partial charge in [0.05, 0.1) is 12.0 Å². The second-order valence-corrected chi connectivity index (χ2v) is 8.27. The van der Waals surface area contributed by atoms with Gasteiger partial charge in [0.2, 0.25) is 5.91 Å². The minimum Gasteiger partial charge on any atom is -0.481 e. The number of fused-ring (bicyclic) bond motifs is 3. The van der Waals surface area contributed by atoms with Crippen LogP contribution in [0.25, 0.3) is 11.1 Å². The number of carbonyl (C=O) groups excluding carboxylic acids is 2. The molecule has 0 saturated heterocycles. The van der Waals surface area contributed by atoms with E-state index in [0.717, 1.165) is 22.3 Å². The van der Waals surface area contributed by atoms with Crippen LogP contribution in [0.1, 0.15) is 49.7 Å². The lowest BCUT2D eigenvalue weighted by molar-refractivity contribution is -0.138. The molecule has 0 radical (unpaired) electrons. The molecule has 0 heterocycles. The van der Waals surface area contributed by atoms with Crippen molar-refractivity contribution in [3.05, 3.63) is 59.7 Å². The molecule has 1 fully saturated rings. The number of carbonyl (C=O) groups is 3. The Morgan fingerprint density at radius 3 is 2.16 bits per heavy atom. The molecule has 7 nitrogen and oxygen atoms in total. The smallest absolute Gasteiger partial charge is 0.407 e. The summed E-state index contributed by atoms with van der Waals surface area (Å²) in [5, 5.41) is 14.4. The van der Waals surface area contributed by atoms with Crippen LogP contribution in [0.2, 0.25) is 0 Å². The standard InChI is InChI=1S/C24H26N2O5/c1-2-20(22(29)26-24(11-12-24)13-21(27)28)25-23(30)31-14-19-17-9-5-3-7-15(17)16-8-4-6-10-18(16)19/h3-10,19-20H,2,11-14H2,1H3,(H,25,30)(H,26,29)(H,27,28)/t20-/m1/s1. The Morgan fingerprint density at radius 1 is 1.06 bits per heavy atom. The second kappa shape index (κ2) is 8.41. The molecule has 1 saturated carbocycles. The fourth-order valence-electron chi connectivity index (χ4n) is 4.27. The summed E-state index contributed by atoms with van der Waals surface area (Å²) >= 11 is 0. The maximum Gasteiger partial charge on any atom is 0.407 e. The molecule has 0 aliphatic heterocycles. The van der Waals surface area contributed by atoms with Gasteiger partial charge in [-0.15, -0.1) is 0 Å². The third-order valence-electron chi connectivity index (χ3n) is 6.09. The Bertz CT molecular complexity index is 969. The molecule has 4 rings (SSSR count). The maximum atomic E-state index is 12.6. The van der Waals surface area contributed by atoms with Crippen molar-refractivity contribution in [3.63, 3.8) is 0 Å². The number of benzene rings is 2. The highest BCUT2D eigenvalue weighted by Gasteiger charge is 2.46. The van der Waals surface area contributed by atoms with Crippen LogP contribution in [-0.2, 0) is 14.3 Å². The zero-order chi connectivity index (χ0) is 22.0. The van der Waals surface area contributed by atoms with Crippen LogP contribution < -0.4 is 10.6 Å². The average Bonchev–Trinajstić information content (AvgIpc) is 3.42. The minimum absolute atomic E-state index is 0.0580. The highest BCUT2D eigenvalue weighted by molar-refractivity contribution is 5.87. The van der Waals surface area contributed by atoms with Gasteiger partial charge in [-0.1, -0.05) is 55.5 Å². The minimum atomic E-state index is -0.949. The first-order chi connectivity index (χ1) is 14.9. The van der Waals surface area contributed by atoms with Crippen LogP contribution in [0.15, 0.2) is 48.5 Å². The molecule has 0 aromatic heterocycles. The van der Waals surface area contributed by atoms with Gasteiger partial charge in [-0.2, -0.15) is 0 Å². The zero-order valence-corrected chi connectivity index (χ0v) is 17.4. The van der Waals surface area contributed by atoms with Crippen molar-refractivity contribution in [1.29, 1.82) is 0 Å². The van der Waals surface area contributed by atoms with E-state index in [1.165, 1.54) is 0 Å². The number of amides is 2. The van der Waals surface area contributed by atoms with Gasteiger partial charge in [0.25, 0.3) is 0 Å². The van der Waals surface area contributed by atoms with Gasteiger partial charge in [-0.3, -0.25) is 9.59 Å². The molecule has 0 spiro atoms. The monoisotopic (exact) mass is 422 g/mol. The van der Waals surface area contributed by atoms with Crippen molar-refractivity contribution in [3.8, 4) is 11.1 Å². The first-order valence-corrected chi connectivity index (χ1v) is 10.6. The average molecular weight is 422 g/mol. The first-order valence-electron chi connectivity index (χ1n) is 10.6. The molecular weight excluding hydrogens is 396 g/mol. The van der Waals surface area contributed by atoms with E-state index in [0.29, 0.717) is 19.3 Å². The summed E-state index contributed by atoms with van der Waals surface area (Å²) in [6, 6.07) is 15.4. The third-order valence-corrected chi connectivity index (χ3v) is 6.09. The maximum absolute atomic E-state index is 12.6. The number of nitrogens with one attached hydrogen (secondary N) is 2. The van der Waals surface area contributed by atoms with Crippen LogP contribution in [-0.4, -0.2) is 41.3 Å². The lowest BCUT2D eigenvalue weighted by atomic mass is 9.98. The van der Waals surface area contributed by atoms with E-state index < -0.39 is 23.6 Å². The molecule has 31 heavy (non-hydrogen) atoms. The molecule has 2 aliphatic carbocycles. The Hall–Kier alpha value is -3.35. The van der Waals surface area contributed by atoms with E-state index >= 15 is 0 Å². The predicted octanol–water partition coefficient (Wildman–Crippen LogP) is 3.43. The van der Waals surface area contributed by atoms with Gasteiger partial charge in [0, 0.05) is 5.92 Å². The zero-order valence-electron chi connectivity index (χ0n) is 17.4. The molecule has 2 aromatic carbocycles. The van der Waals surface area contributed by atoms with Gasteiger partial charge in [0.1, 0.15) is 12.6 Å². The summed E-state index contributed by atoms with van der Waals surface area (Å²) in [5.74, 6) is -1.39. The summed E-state index contributed by atoms with van der Waals surface area (Å²) in [4.78, 5) is 36.0. The fraction of sp³-hybridized carbons (Fsp3) is 0.375. The number of alkyl carbamates (subject to hydrolysis) is 1. The van der Waals surface area contributed by atoms with Crippen LogP contribution in [0.5, 0.6) is 0 Å². The van der Waals surface area contributed by atoms with Gasteiger partial charge in [-0.25, -0.2) is 4.79 Å². The number of aliphatic carboxylic acids is 1. The number of carboxylic acids is 1. The quantitative estimate of drug-likeness (QED) is 0.605. The van der Waals surface area contributed by atoms with E-state index in [2.05, 4.69) is 22.8 Å². The van der Waals surface area contributed by atoms with Crippen molar-refractivity contribution >= 4 is 18.0 Å². The van der Waals surface area contributed by atoms with Gasteiger partial charge in [0.15, 0.2) is 0 Å². The van der Waals surface area contributed by atoms with E-state index in [4.69, 9.17) is 9.84 Å². The number of rotatable bonds is 8. The molecule has 7 heteroatoms. The van der Waals surface area contributed by atoms with E-state index in [1.807, 2.05) is 36.4 Å². The fourth-order valence-corrected chi connectivity index (χ4v) is 4.27. The van der Waals surface area contributed by atoms with Gasteiger partial charge in [-0.05, 0) is 41.5 Å². The lowest BCUT2D eigenvalue weighted by Crippen LogP contribution is -2.51. The van der Waals surface area contributed by atoms with Gasteiger partial charge < -0.3 is 20.5 Å². The molecule has 0 unspecified atom stereocenters. The van der Waals surface area contributed by atoms with Crippen LogP contribution in [0.4, 0.5) is 4.79 Å². The Morgan fingerprint density at radius 2 is 1.65 bits per heavy atom. The van der Waals surface area contributed by atoms with Crippen molar-refractivity contribution in [2.24, 2.45) is 0 Å². The molecule has 3 N–H and O–H groups in total. The number of ether oxygens (including phenoxy) is 1. The van der Waals surface area contributed by atoms with Crippen LogP contribution in [0.3, 0.4) is 0 Å². The Kier molecular flexibility index (Phi) is 5.67. The molecule has 162 valence electrons. The first kappa shape index (κ1) is 20.9. The third kappa shape index (κ3) is 4.40. The summed E-state index contributed by atoms with van der Waals surface area (Å²) in [5.41, 5.74) is 3.84. The van der Waals surface area contributed by atoms with E-state index in [9.17, 15) is 14.4 Å². The molecule has 1 atom stereocenters. The largest absolute Gasteiger partial charge is 0.481 e. The molecule has 0 bridgehead atoms. The number of hydrogen-bond acceptors (Lipinski definition) is 4. The van der Waals surface area contributed by atoms with E-state index in [-0.39, 0.29) is 24.9 Å². The normalized spacial score (nSPS) is 16.5. The van der Waals surface area contributed by atoms with Crippen LogP contribution >= 0.6 is 0 Å². The van der Waals surface area contributed by atoms with Crippen molar-refractivity contribution in [2.45, 2.75) is 50.1 Å². The summed E-state index contributed by atoms with van der Waals surface area (Å²) in [7, 11) is 0. The number of hydrogen-bond donors (Lipinski definition) is 3. The van der Waals surface area contributed by atoms with Crippen molar-refractivity contribution in [1.82, 2.24) is 10.6 Å². The SMILES string of the molecule is CC[C@@H](NC(=O)OCC1c2ccccc2-c2ccccc21)C(=O)NC1(CC(=O)O)CC1. The van der Waals surface area contributed by atoms with Gasteiger partial charge >= 0.3 is 12.1 Å². The van der Waals surface area contributed by atoms with Crippen molar-refractivity contribution < 1.29 is 24.2 Å². The topological polar surface area (TPSA) is 105 Å². The second-order valence-electron chi connectivity index (χ2n) is 8.27. The molecule has 2 aromatic rings. The molecule has 2 aliphatic rings. The molecule has 2 amide bonds. The summed E-state index contributed by atoms with van der Waals surface area (Å²) in [6.07, 6.45) is 0.866. The Balaban J connectivity index is 1.37. The summed E-state index contributed by atoms with van der Waals surface area (Å²) in [6.45, 7) is 1.95. The Labute approximate surface area is 180 Å². The van der Waals surface area contributed by atoms with Crippen LogP contribution in [0, 0.1) is 0 Å². The molecular formula is C24H26N2O5. The van der Waals surface area contributed by atoms with E-state index in [1.54, 1.807) is 6.92 Å². The summed E-state index contributed by atoms with van der Waals surface area (Å²) < 4.78 is 5.51. The number of carboxylic acid groups (broad SMARTS) is 1. The highest BCUT2D eigenvalue weighted by Crippen LogP contribution is 2.44. The lowest BCUT2D eigenvalue weighted by Gasteiger charge is -2.22. The van der Waals surface area contributed by atoms with Crippen molar-refractivity contribution in [2.75, 3.05) is 6.61 Å². The predicted molar refractivity (Wildman–Crippen MR) is 115 cm³/mol. The highest BCUT2D eigenvalue weighted by atomic mass is 16.5.